The molecule has 0 aliphatic carbocycles. The number of nitro groups is 1. The number of Topliss-reactive ketones (excluding diaryl/α,β-unsaturated/α-hetero) is 1. The van der Waals surface area contributed by atoms with Gasteiger partial charge in [0.15, 0.2) is 5.78 Å². The quantitative estimate of drug-likeness (QED) is 0.367. The normalized spacial score (nSPS) is 10.4. The highest BCUT2D eigenvalue weighted by molar-refractivity contribution is 5.96. The van der Waals surface area contributed by atoms with Gasteiger partial charge >= 0.3 is 0 Å². The molecular weight excluding hydrogens is 224 g/mol. The molecule has 1 aromatic carbocycles. The van der Waals surface area contributed by atoms with Gasteiger partial charge in [-0.25, -0.2) is 0 Å². The second kappa shape index (κ2) is 5.02. The smallest absolute Gasteiger partial charge is 0.277 e. The van der Waals surface area contributed by atoms with Gasteiger partial charge in [-0.1, -0.05) is 6.07 Å². The first-order valence-corrected chi connectivity index (χ1v) is 4.68. The molecule has 0 aromatic heterocycles. The molecular formula is C11H10N2O4. The molecule has 0 heterocycles. The lowest BCUT2D eigenvalue weighted by atomic mass is 10.1. The molecule has 2 N–H and O–H groups in total. The van der Waals surface area contributed by atoms with Crippen molar-refractivity contribution in [2.75, 3.05) is 0 Å². The zero-order valence-electron chi connectivity index (χ0n) is 9.04. The van der Waals surface area contributed by atoms with E-state index in [1.807, 2.05) is 0 Å². The Labute approximate surface area is 96.9 Å². The SMILES string of the molecule is CC(=O)c1ccc(C=CC(N)=O)c([N+](=O)[O-])c1. The molecule has 0 spiro atoms. The van der Waals surface area contributed by atoms with Crippen molar-refractivity contribution in [1.29, 1.82) is 0 Å². The Hall–Kier alpha value is -2.50. The average Bonchev–Trinajstić information content (AvgIpc) is 2.25. The molecule has 1 amide bonds. The molecule has 1 aromatic rings. The number of carbonyl (C=O) groups is 2. The zero-order chi connectivity index (χ0) is 13.0. The minimum atomic E-state index is -0.699. The number of rotatable bonds is 4. The average molecular weight is 234 g/mol. The number of primary amides is 1. The van der Waals surface area contributed by atoms with Crippen LogP contribution in [0.3, 0.4) is 0 Å². The van der Waals surface area contributed by atoms with Crippen molar-refractivity contribution in [2.24, 2.45) is 5.73 Å². The van der Waals surface area contributed by atoms with Gasteiger partial charge in [-0.15, -0.1) is 0 Å². The Morgan fingerprint density at radius 2 is 2.06 bits per heavy atom. The van der Waals surface area contributed by atoms with Gasteiger partial charge in [0.05, 0.1) is 10.5 Å². The lowest BCUT2D eigenvalue weighted by Crippen LogP contribution is -2.05. The van der Waals surface area contributed by atoms with Crippen LogP contribution in [0.2, 0.25) is 0 Å². The first kappa shape index (κ1) is 12.6. The van der Waals surface area contributed by atoms with Gasteiger partial charge < -0.3 is 5.73 Å². The summed E-state index contributed by atoms with van der Waals surface area (Å²) in [6.07, 6.45) is 2.26. The second-order valence-corrected chi connectivity index (χ2v) is 3.32. The Balaban J connectivity index is 3.27. The predicted molar refractivity (Wildman–Crippen MR) is 61.3 cm³/mol. The van der Waals surface area contributed by atoms with Crippen molar-refractivity contribution in [1.82, 2.24) is 0 Å². The Morgan fingerprint density at radius 1 is 1.41 bits per heavy atom. The number of nitrogens with zero attached hydrogens (tertiary/aromatic N) is 1. The summed E-state index contributed by atoms with van der Waals surface area (Å²) in [5, 5.41) is 10.8. The van der Waals surface area contributed by atoms with Crippen LogP contribution in [0.25, 0.3) is 6.08 Å². The van der Waals surface area contributed by atoms with Crippen molar-refractivity contribution < 1.29 is 14.5 Å². The summed E-state index contributed by atoms with van der Waals surface area (Å²) in [4.78, 5) is 31.8. The molecule has 88 valence electrons. The van der Waals surface area contributed by atoms with Crippen LogP contribution < -0.4 is 5.73 Å². The fraction of sp³-hybridized carbons (Fsp3) is 0.0909. The molecule has 0 saturated heterocycles. The van der Waals surface area contributed by atoms with Gasteiger partial charge in [0.2, 0.25) is 5.91 Å². The summed E-state index contributed by atoms with van der Waals surface area (Å²) in [6.45, 7) is 1.32. The molecule has 6 heteroatoms. The van der Waals surface area contributed by atoms with Gasteiger partial charge in [0.25, 0.3) is 5.69 Å². The van der Waals surface area contributed by atoms with Crippen LogP contribution in [-0.2, 0) is 4.79 Å². The maximum Gasteiger partial charge on any atom is 0.277 e. The minimum Gasteiger partial charge on any atom is -0.366 e. The molecule has 0 radical (unpaired) electrons. The van der Waals surface area contributed by atoms with Crippen LogP contribution in [0.5, 0.6) is 0 Å². The number of hydrogen-bond donors (Lipinski definition) is 1. The molecule has 0 atom stereocenters. The lowest BCUT2D eigenvalue weighted by molar-refractivity contribution is -0.385. The minimum absolute atomic E-state index is 0.221. The van der Waals surface area contributed by atoms with E-state index in [0.717, 1.165) is 6.08 Å². The maximum atomic E-state index is 11.1. The number of hydrogen-bond acceptors (Lipinski definition) is 4. The molecule has 0 fully saturated rings. The van der Waals surface area contributed by atoms with Crippen LogP contribution in [-0.4, -0.2) is 16.6 Å². The molecule has 6 nitrogen and oxygen atoms in total. The Kier molecular flexibility index (Phi) is 3.71. The third-order valence-corrected chi connectivity index (χ3v) is 2.06. The summed E-state index contributed by atoms with van der Waals surface area (Å²) < 4.78 is 0. The molecule has 0 aliphatic rings. The van der Waals surface area contributed by atoms with Crippen molar-refractivity contribution in [2.45, 2.75) is 6.92 Å². The van der Waals surface area contributed by atoms with Gasteiger partial charge in [-0.05, 0) is 19.1 Å². The van der Waals surface area contributed by atoms with Crippen LogP contribution in [0.15, 0.2) is 24.3 Å². The molecule has 0 unspecified atom stereocenters. The van der Waals surface area contributed by atoms with E-state index in [-0.39, 0.29) is 22.6 Å². The summed E-state index contributed by atoms with van der Waals surface area (Å²) in [6, 6.07) is 4.02. The van der Waals surface area contributed by atoms with Gasteiger partial charge in [0, 0.05) is 17.7 Å². The maximum absolute atomic E-state index is 11.1. The molecule has 1 rings (SSSR count). The van der Waals surface area contributed by atoms with Crippen molar-refractivity contribution >= 4 is 23.5 Å². The highest BCUT2D eigenvalue weighted by Gasteiger charge is 2.14. The summed E-state index contributed by atoms with van der Waals surface area (Å²) >= 11 is 0. The van der Waals surface area contributed by atoms with E-state index in [0.29, 0.717) is 0 Å². The number of benzene rings is 1. The summed E-state index contributed by atoms with van der Waals surface area (Å²) in [5.74, 6) is -0.964. The highest BCUT2D eigenvalue weighted by Crippen LogP contribution is 2.21. The number of amides is 1. The monoisotopic (exact) mass is 234 g/mol. The third-order valence-electron chi connectivity index (χ3n) is 2.06. The number of nitro benzene ring substituents is 1. The standard InChI is InChI=1S/C11H10N2O4/c1-7(14)9-3-2-8(4-5-11(12)15)10(6-9)13(16)17/h2-6H,1H3,(H2,12,15). The van der Waals surface area contributed by atoms with E-state index in [9.17, 15) is 19.7 Å². The number of nitrogens with two attached hydrogens (primary N) is 1. The summed E-state index contributed by atoms with van der Waals surface area (Å²) in [5.41, 5.74) is 5.12. The van der Waals surface area contributed by atoms with E-state index in [4.69, 9.17) is 5.73 Å². The van der Waals surface area contributed by atoms with E-state index in [1.165, 1.54) is 31.2 Å². The second-order valence-electron chi connectivity index (χ2n) is 3.32. The van der Waals surface area contributed by atoms with Gasteiger partial charge in [-0.2, -0.15) is 0 Å². The highest BCUT2D eigenvalue weighted by atomic mass is 16.6. The zero-order valence-corrected chi connectivity index (χ0v) is 9.04. The van der Waals surface area contributed by atoms with Gasteiger partial charge in [0.1, 0.15) is 0 Å². The third kappa shape index (κ3) is 3.23. The van der Waals surface area contributed by atoms with Crippen LogP contribution >= 0.6 is 0 Å². The molecule has 0 aliphatic heterocycles. The van der Waals surface area contributed by atoms with Crippen LogP contribution in [0, 0.1) is 10.1 Å². The molecule has 17 heavy (non-hydrogen) atoms. The van der Waals surface area contributed by atoms with E-state index < -0.39 is 10.8 Å². The Morgan fingerprint density at radius 3 is 2.53 bits per heavy atom. The van der Waals surface area contributed by atoms with E-state index in [2.05, 4.69) is 0 Å². The lowest BCUT2D eigenvalue weighted by Gasteiger charge is -2.00. The topological polar surface area (TPSA) is 103 Å². The van der Waals surface area contributed by atoms with Crippen LogP contribution in [0.4, 0.5) is 5.69 Å². The van der Waals surface area contributed by atoms with Gasteiger partial charge in [-0.3, -0.25) is 19.7 Å². The van der Waals surface area contributed by atoms with Crippen molar-refractivity contribution in [3.8, 4) is 0 Å². The fourth-order valence-corrected chi connectivity index (χ4v) is 1.23. The van der Waals surface area contributed by atoms with Crippen molar-refractivity contribution in [3.63, 3.8) is 0 Å². The van der Waals surface area contributed by atoms with E-state index >= 15 is 0 Å². The first-order chi connectivity index (χ1) is 7.91. The van der Waals surface area contributed by atoms with E-state index in [1.54, 1.807) is 0 Å². The fourth-order valence-electron chi connectivity index (χ4n) is 1.23. The number of carbonyl (C=O) groups excluding carboxylic acids is 2. The Bertz CT molecular complexity index is 520. The van der Waals surface area contributed by atoms with Crippen LogP contribution in [0.1, 0.15) is 22.8 Å². The molecule has 0 bridgehead atoms. The largest absolute Gasteiger partial charge is 0.366 e. The molecule has 0 saturated carbocycles. The summed E-state index contributed by atoms with van der Waals surface area (Å²) in [7, 11) is 0. The number of ketones is 1. The first-order valence-electron chi connectivity index (χ1n) is 4.68. The predicted octanol–water partition coefficient (Wildman–Crippen LogP) is 1.30. The van der Waals surface area contributed by atoms with Crippen molar-refractivity contribution in [3.05, 3.63) is 45.5 Å².